The maximum atomic E-state index is 13.3. The maximum Gasteiger partial charge on any atom is 0.229 e. The van der Waals surface area contributed by atoms with Crippen molar-refractivity contribution < 1.29 is 14.0 Å². The highest BCUT2D eigenvalue weighted by Crippen LogP contribution is 2.42. The summed E-state index contributed by atoms with van der Waals surface area (Å²) in [5.74, 6) is -0.382. The van der Waals surface area contributed by atoms with E-state index in [-0.39, 0.29) is 29.1 Å². The van der Waals surface area contributed by atoms with Gasteiger partial charge in [-0.1, -0.05) is 68.2 Å². The van der Waals surface area contributed by atoms with E-state index < -0.39 is 5.41 Å². The number of nitrogens with zero attached hydrogens (tertiary/aromatic N) is 2. The molecule has 0 radical (unpaired) electrons. The van der Waals surface area contributed by atoms with Crippen molar-refractivity contribution in [1.29, 1.82) is 0 Å². The van der Waals surface area contributed by atoms with Gasteiger partial charge in [0.05, 0.1) is 16.1 Å². The molecule has 1 aliphatic rings. The lowest BCUT2D eigenvalue weighted by Gasteiger charge is -2.15. The molecule has 4 aromatic rings. The number of benzene rings is 2. The first-order valence-corrected chi connectivity index (χ1v) is 12.9. The number of amides is 1. The normalized spacial score (nSPS) is 15.1. The molecule has 2 aromatic carbocycles. The first kappa shape index (κ1) is 25.9. The van der Waals surface area contributed by atoms with Crippen LogP contribution in [0.1, 0.15) is 49.7 Å². The van der Waals surface area contributed by atoms with Gasteiger partial charge in [0.1, 0.15) is 5.69 Å². The van der Waals surface area contributed by atoms with Crippen molar-refractivity contribution in [3.8, 4) is 22.4 Å². The minimum absolute atomic E-state index is 0.0591. The van der Waals surface area contributed by atoms with E-state index in [0.717, 1.165) is 16.7 Å². The molecule has 2 aromatic heterocycles. The molecule has 38 heavy (non-hydrogen) atoms. The van der Waals surface area contributed by atoms with Crippen LogP contribution in [0.4, 0.5) is 5.69 Å². The Labute approximate surface area is 230 Å². The smallest absolute Gasteiger partial charge is 0.229 e. The van der Waals surface area contributed by atoms with E-state index in [2.05, 4.69) is 15.8 Å². The SMILES string of the molecule is CC(=O)Nc1c(C(=O)C(C)(C)C)oc2nc(-c3ccc(C4C=NNC4)cc3Cl)c(-c3ccc(Cl)cc3)cc12. The number of carbonyl (C=O) groups excluding carboxylic acids is 2. The van der Waals surface area contributed by atoms with E-state index in [9.17, 15) is 9.59 Å². The molecular formula is C29H26Cl2N4O3. The molecule has 1 aliphatic heterocycles. The first-order valence-electron chi connectivity index (χ1n) is 12.1. The molecular weight excluding hydrogens is 523 g/mol. The second kappa shape index (κ2) is 9.89. The van der Waals surface area contributed by atoms with Crippen LogP contribution in [0.5, 0.6) is 0 Å². The fraction of sp³-hybridized carbons (Fsp3) is 0.241. The third-order valence-electron chi connectivity index (χ3n) is 6.36. The number of hydrogen-bond acceptors (Lipinski definition) is 6. The van der Waals surface area contributed by atoms with Crippen LogP contribution < -0.4 is 10.7 Å². The number of anilines is 1. The number of carbonyl (C=O) groups is 2. The Morgan fingerprint density at radius 1 is 1.05 bits per heavy atom. The van der Waals surface area contributed by atoms with Crippen LogP contribution in [-0.4, -0.2) is 29.4 Å². The van der Waals surface area contributed by atoms with Gasteiger partial charge >= 0.3 is 0 Å². The van der Waals surface area contributed by atoms with E-state index in [4.69, 9.17) is 32.6 Å². The minimum Gasteiger partial charge on any atom is -0.432 e. The quantitative estimate of drug-likeness (QED) is 0.254. The van der Waals surface area contributed by atoms with Crippen LogP contribution in [0.2, 0.25) is 10.0 Å². The summed E-state index contributed by atoms with van der Waals surface area (Å²) >= 11 is 13.0. The number of hydrazone groups is 1. The Balaban J connectivity index is 1.76. The van der Waals surface area contributed by atoms with Gasteiger partial charge in [-0.05, 0) is 35.4 Å². The lowest BCUT2D eigenvalue weighted by atomic mass is 9.88. The predicted molar refractivity (Wildman–Crippen MR) is 152 cm³/mol. The predicted octanol–water partition coefficient (Wildman–Crippen LogP) is 7.33. The van der Waals surface area contributed by atoms with Gasteiger partial charge in [-0.3, -0.25) is 9.59 Å². The Hall–Kier alpha value is -3.68. The Kier molecular flexibility index (Phi) is 6.75. The molecule has 1 atom stereocenters. The van der Waals surface area contributed by atoms with Gasteiger partial charge in [-0.25, -0.2) is 4.98 Å². The van der Waals surface area contributed by atoms with E-state index in [1.54, 1.807) is 32.9 Å². The monoisotopic (exact) mass is 548 g/mol. The van der Waals surface area contributed by atoms with E-state index in [1.807, 2.05) is 42.6 Å². The van der Waals surface area contributed by atoms with Crippen molar-refractivity contribution in [2.75, 3.05) is 11.9 Å². The van der Waals surface area contributed by atoms with Gasteiger partial charge in [0.25, 0.3) is 0 Å². The second-order valence-corrected chi connectivity index (χ2v) is 11.1. The largest absolute Gasteiger partial charge is 0.432 e. The third kappa shape index (κ3) is 4.91. The highest BCUT2D eigenvalue weighted by Gasteiger charge is 2.32. The van der Waals surface area contributed by atoms with E-state index >= 15 is 0 Å². The van der Waals surface area contributed by atoms with Crippen LogP contribution in [0.25, 0.3) is 33.5 Å². The molecule has 0 fully saturated rings. The molecule has 0 saturated carbocycles. The lowest BCUT2D eigenvalue weighted by Crippen LogP contribution is -2.21. The number of aromatic nitrogens is 1. The zero-order chi connectivity index (χ0) is 27.2. The Morgan fingerprint density at radius 3 is 2.39 bits per heavy atom. The molecule has 0 saturated heterocycles. The first-order chi connectivity index (χ1) is 18.0. The average Bonchev–Trinajstić information content (AvgIpc) is 3.51. The van der Waals surface area contributed by atoms with Crippen LogP contribution in [0, 0.1) is 5.41 Å². The molecule has 194 valence electrons. The number of Topliss-reactive ketones (excluding diaryl/α,β-unsaturated/α-hetero) is 1. The highest BCUT2D eigenvalue weighted by atomic mass is 35.5. The topological polar surface area (TPSA) is 96.6 Å². The zero-order valence-electron chi connectivity index (χ0n) is 21.4. The maximum absolute atomic E-state index is 13.3. The van der Waals surface area contributed by atoms with E-state index in [0.29, 0.717) is 38.9 Å². The molecule has 5 rings (SSSR count). The van der Waals surface area contributed by atoms with Crippen molar-refractivity contribution in [1.82, 2.24) is 10.4 Å². The van der Waals surface area contributed by atoms with Crippen molar-refractivity contribution in [2.45, 2.75) is 33.6 Å². The minimum atomic E-state index is -0.736. The van der Waals surface area contributed by atoms with Gasteiger partial charge in [0, 0.05) is 47.2 Å². The van der Waals surface area contributed by atoms with Crippen LogP contribution in [0.3, 0.4) is 0 Å². The molecule has 1 unspecified atom stereocenters. The van der Waals surface area contributed by atoms with Crippen LogP contribution >= 0.6 is 23.2 Å². The summed E-state index contributed by atoms with van der Waals surface area (Å²) in [6.45, 7) is 7.48. The summed E-state index contributed by atoms with van der Waals surface area (Å²) in [5, 5.41) is 8.52. The summed E-state index contributed by atoms with van der Waals surface area (Å²) in [7, 11) is 0. The number of furan rings is 1. The molecule has 7 nitrogen and oxygen atoms in total. The molecule has 0 spiro atoms. The summed E-state index contributed by atoms with van der Waals surface area (Å²) in [5.41, 5.74) is 6.65. The Bertz CT molecular complexity index is 1600. The summed E-state index contributed by atoms with van der Waals surface area (Å²) in [6.07, 6.45) is 1.86. The number of fused-ring (bicyclic) bond motifs is 1. The van der Waals surface area contributed by atoms with Crippen molar-refractivity contribution in [3.05, 3.63) is 69.9 Å². The number of hydrogen-bond donors (Lipinski definition) is 2. The summed E-state index contributed by atoms with van der Waals surface area (Å²) in [4.78, 5) is 30.3. The van der Waals surface area contributed by atoms with Crippen LogP contribution in [-0.2, 0) is 4.79 Å². The average molecular weight is 549 g/mol. The van der Waals surface area contributed by atoms with Crippen molar-refractivity contribution in [2.24, 2.45) is 10.5 Å². The molecule has 0 bridgehead atoms. The fourth-order valence-electron chi connectivity index (χ4n) is 4.38. The molecule has 9 heteroatoms. The number of nitrogens with one attached hydrogen (secondary N) is 2. The molecule has 1 amide bonds. The lowest BCUT2D eigenvalue weighted by molar-refractivity contribution is -0.114. The van der Waals surface area contributed by atoms with Gasteiger partial charge in [-0.2, -0.15) is 5.10 Å². The van der Waals surface area contributed by atoms with Gasteiger partial charge in [0.2, 0.25) is 17.4 Å². The van der Waals surface area contributed by atoms with Crippen molar-refractivity contribution >= 4 is 57.9 Å². The molecule has 3 heterocycles. The Morgan fingerprint density at radius 2 is 1.79 bits per heavy atom. The summed E-state index contributed by atoms with van der Waals surface area (Å²) in [6, 6.07) is 15.1. The second-order valence-electron chi connectivity index (χ2n) is 10.3. The van der Waals surface area contributed by atoms with E-state index in [1.165, 1.54) is 6.92 Å². The van der Waals surface area contributed by atoms with Gasteiger partial charge < -0.3 is 15.2 Å². The number of halogens is 2. The summed E-state index contributed by atoms with van der Waals surface area (Å²) < 4.78 is 6.04. The van der Waals surface area contributed by atoms with Crippen molar-refractivity contribution in [3.63, 3.8) is 0 Å². The highest BCUT2D eigenvalue weighted by molar-refractivity contribution is 6.33. The standard InChI is InChI=1S/C29H26Cl2N4O3/c1-15(36)34-25-22-12-21(16-5-8-19(30)9-6-16)24(35-28(22)38-26(25)27(37)29(2,3)4)20-10-7-17(11-23(20)31)18-13-32-33-14-18/h5-13,18,33H,14H2,1-4H3,(H,34,36). The van der Waals surface area contributed by atoms with Gasteiger partial charge in [-0.15, -0.1) is 0 Å². The molecule has 2 N–H and O–H groups in total. The fourth-order valence-corrected chi connectivity index (χ4v) is 4.79. The number of rotatable bonds is 5. The van der Waals surface area contributed by atoms with Gasteiger partial charge in [0.15, 0.2) is 5.76 Å². The zero-order valence-corrected chi connectivity index (χ0v) is 22.9. The molecule has 0 aliphatic carbocycles. The third-order valence-corrected chi connectivity index (χ3v) is 6.92. The van der Waals surface area contributed by atoms with Crippen LogP contribution in [0.15, 0.2) is 58.0 Å². The number of pyridine rings is 1. The number of ketones is 1.